The summed E-state index contributed by atoms with van der Waals surface area (Å²) >= 11 is 1.66. The van der Waals surface area contributed by atoms with E-state index < -0.39 is 0 Å². The maximum absolute atomic E-state index is 2.24. The molecule has 0 aliphatic heterocycles. The van der Waals surface area contributed by atoms with Crippen molar-refractivity contribution in [1.82, 2.24) is 0 Å². The Hall–Kier alpha value is -1.44. The molecule has 0 nitrogen and oxygen atoms in total. The second-order valence-corrected chi connectivity index (χ2v) is 9.43. The van der Waals surface area contributed by atoms with Crippen LogP contribution in [-0.2, 0) is 29.4 Å². The van der Waals surface area contributed by atoms with Gasteiger partial charge in [-0.3, -0.25) is 0 Å². The first-order valence-electron chi connectivity index (χ1n) is 9.02. The fourth-order valence-corrected chi connectivity index (χ4v) is 4.87. The van der Waals surface area contributed by atoms with Gasteiger partial charge in [-0.2, -0.15) is 18.2 Å². The maximum atomic E-state index is 2.24. The zero-order chi connectivity index (χ0) is 18.7. The van der Waals surface area contributed by atoms with Gasteiger partial charge in [0.25, 0.3) is 0 Å². The summed E-state index contributed by atoms with van der Waals surface area (Å²) in [7, 11) is 0. The quantitative estimate of drug-likeness (QED) is 0.239. The van der Waals surface area contributed by atoms with Crippen LogP contribution in [0.4, 0.5) is 0 Å². The number of benzene rings is 3. The summed E-state index contributed by atoms with van der Waals surface area (Å²) in [6.07, 6.45) is 1.13. The molecule has 0 aliphatic rings. The summed E-state index contributed by atoms with van der Waals surface area (Å²) in [5.74, 6) is 0. The van der Waals surface area contributed by atoms with E-state index in [4.69, 9.17) is 0 Å². The first kappa shape index (κ1) is 25.6. The summed E-state index contributed by atoms with van der Waals surface area (Å²) in [6.45, 7) is 0. The van der Waals surface area contributed by atoms with Gasteiger partial charge < -0.3 is 24.8 Å². The molecule has 0 saturated heterocycles. The van der Waals surface area contributed by atoms with Gasteiger partial charge in [0.15, 0.2) is 0 Å². The molecule has 29 heavy (non-hydrogen) atoms. The van der Waals surface area contributed by atoms with E-state index in [-0.39, 0.29) is 24.8 Å². The third-order valence-electron chi connectivity index (χ3n) is 4.21. The molecule has 0 atom stereocenters. The van der Waals surface area contributed by atoms with E-state index in [0.29, 0.717) is 0 Å². The van der Waals surface area contributed by atoms with E-state index in [1.54, 1.807) is 23.3 Å². The van der Waals surface area contributed by atoms with Crippen molar-refractivity contribution < 1.29 is 48.1 Å². The Balaban J connectivity index is 0.000000231. The molecule has 0 fully saturated rings. The molecule has 0 saturated carbocycles. The van der Waals surface area contributed by atoms with Crippen LogP contribution < -0.4 is 24.8 Å². The van der Waals surface area contributed by atoms with Crippen LogP contribution in [0.15, 0.2) is 115 Å². The number of hydrogen-bond acceptors (Lipinski definition) is 0. The van der Waals surface area contributed by atoms with E-state index in [2.05, 4.69) is 84.9 Å². The maximum Gasteiger partial charge on any atom is -0.0771 e. The largest absolute Gasteiger partial charge is 0.214 e. The van der Waals surface area contributed by atoms with Crippen LogP contribution in [0.25, 0.3) is 21.5 Å². The van der Waals surface area contributed by atoms with Crippen molar-refractivity contribution >= 4 is 27.7 Å². The second kappa shape index (κ2) is 14.5. The predicted molar refractivity (Wildman–Crippen MR) is 115 cm³/mol. The SMILES string of the molecule is [Cl-].[Cl-].[Zr+2]=[Si]Cc1ccccc1.c1cc[cH-]c1.c1ccc2c(c1)[cH-]c1ccccc12. The molecule has 5 aromatic carbocycles. The van der Waals surface area contributed by atoms with E-state index in [1.165, 1.54) is 33.2 Å². The molecule has 0 N–H and O–H groups in total. The van der Waals surface area contributed by atoms with E-state index >= 15 is 0 Å². The average molecular weight is 512 g/mol. The van der Waals surface area contributed by atoms with Crippen molar-refractivity contribution in [1.29, 1.82) is 0 Å². The Kier molecular flexibility index (Phi) is 12.8. The molecule has 4 heteroatoms. The van der Waals surface area contributed by atoms with E-state index in [1.807, 2.05) is 30.3 Å². The first-order chi connectivity index (χ1) is 13.4. The van der Waals surface area contributed by atoms with E-state index in [9.17, 15) is 0 Å². The van der Waals surface area contributed by atoms with Crippen molar-refractivity contribution in [3.8, 4) is 0 Å². The van der Waals surface area contributed by atoms with E-state index in [0.717, 1.165) is 6.16 Å². The molecule has 0 amide bonds. The van der Waals surface area contributed by atoms with Gasteiger partial charge >= 0.3 is 71.4 Å². The molecule has 0 spiro atoms. The fraction of sp³-hybridized carbons (Fsp3) is 0.0400. The van der Waals surface area contributed by atoms with Crippen LogP contribution in [0.2, 0.25) is 0 Å². The van der Waals surface area contributed by atoms with Gasteiger partial charge in [0, 0.05) is 0 Å². The number of hydrogen-bond donors (Lipinski definition) is 0. The predicted octanol–water partition coefficient (Wildman–Crippen LogP) is 0.478. The molecule has 0 aliphatic carbocycles. The minimum Gasteiger partial charge on any atom is -0.214 e. The van der Waals surface area contributed by atoms with Crippen molar-refractivity contribution in [2.24, 2.45) is 0 Å². The van der Waals surface area contributed by atoms with Crippen molar-refractivity contribution in [2.45, 2.75) is 6.04 Å². The molecule has 0 aromatic heterocycles. The summed E-state index contributed by atoms with van der Waals surface area (Å²) in [5.41, 5.74) is 1.48. The van der Waals surface area contributed by atoms with Crippen molar-refractivity contribution in [2.75, 3.05) is 0 Å². The zero-order valence-corrected chi connectivity index (χ0v) is 20.9. The Morgan fingerprint density at radius 1 is 0.621 bits per heavy atom. The Morgan fingerprint density at radius 3 is 1.55 bits per heavy atom. The smallest absolute Gasteiger partial charge is 0.0771 e. The molecule has 5 rings (SSSR count). The molecular formula is C25H21Cl2SiZr-2. The van der Waals surface area contributed by atoms with Gasteiger partial charge in [-0.15, -0.1) is 39.7 Å². The third-order valence-corrected chi connectivity index (χ3v) is 6.10. The third kappa shape index (κ3) is 8.07. The van der Waals surface area contributed by atoms with Crippen LogP contribution in [-0.4, -0.2) is 6.16 Å². The van der Waals surface area contributed by atoms with Gasteiger partial charge in [0.1, 0.15) is 0 Å². The summed E-state index contributed by atoms with van der Waals surface area (Å²) < 4.78 is 0. The molecule has 1 radical (unpaired) electrons. The molecule has 0 heterocycles. The number of fused-ring (bicyclic) bond motifs is 3. The van der Waals surface area contributed by atoms with Crippen LogP contribution in [0.1, 0.15) is 5.56 Å². The van der Waals surface area contributed by atoms with Crippen LogP contribution in [0, 0.1) is 0 Å². The zero-order valence-electron chi connectivity index (χ0n) is 15.9. The Labute approximate surface area is 201 Å². The topological polar surface area (TPSA) is 0 Å². The van der Waals surface area contributed by atoms with Gasteiger partial charge in [0.2, 0.25) is 0 Å². The second-order valence-electron chi connectivity index (χ2n) is 6.12. The average Bonchev–Trinajstić information content (AvgIpc) is 3.41. The van der Waals surface area contributed by atoms with Gasteiger partial charge in [-0.25, -0.2) is 12.1 Å². The van der Waals surface area contributed by atoms with Crippen LogP contribution in [0.5, 0.6) is 0 Å². The van der Waals surface area contributed by atoms with Crippen molar-refractivity contribution in [3.05, 3.63) is 121 Å². The van der Waals surface area contributed by atoms with Gasteiger partial charge in [-0.05, 0) is 0 Å². The first-order valence-corrected chi connectivity index (χ1v) is 13.9. The standard InChI is InChI=1S/C13H9.C7H7Si.C5H5.2ClH.Zr/c1-3-7-12-10(5-1)9-11-6-2-4-8-13(11)12;8-6-7-4-2-1-3-5-7;1-2-4-5-3-1;;;/h1-9H;1-5H,6H2;1-5H;2*1H;/q-1;;-1;;;+2/p-2. The molecule has 0 bridgehead atoms. The fourth-order valence-electron chi connectivity index (χ4n) is 2.92. The summed E-state index contributed by atoms with van der Waals surface area (Å²) in [5, 5.41) is 5.39. The van der Waals surface area contributed by atoms with Crippen LogP contribution >= 0.6 is 0 Å². The summed E-state index contributed by atoms with van der Waals surface area (Å²) in [6, 6.07) is 41.2. The molecule has 145 valence electrons. The Bertz CT molecular complexity index is 1000. The number of rotatable bonds is 2. The Morgan fingerprint density at radius 2 is 1.10 bits per heavy atom. The molecular weight excluding hydrogens is 490 g/mol. The molecule has 5 aromatic rings. The monoisotopic (exact) mass is 509 g/mol. The molecule has 0 unspecified atom stereocenters. The normalized spacial score (nSPS) is 9.17. The van der Waals surface area contributed by atoms with Crippen molar-refractivity contribution in [3.63, 3.8) is 0 Å². The minimum atomic E-state index is 0. The summed E-state index contributed by atoms with van der Waals surface area (Å²) in [4.78, 5) is 0. The van der Waals surface area contributed by atoms with Gasteiger partial charge in [-0.1, -0.05) is 36.4 Å². The minimum absolute atomic E-state index is 0. The number of halogens is 2. The van der Waals surface area contributed by atoms with Crippen LogP contribution in [0.3, 0.4) is 0 Å². The van der Waals surface area contributed by atoms with Gasteiger partial charge in [0.05, 0.1) is 0 Å².